The Kier molecular flexibility index (Phi) is 10.00. The van der Waals surface area contributed by atoms with Crippen LogP contribution in [0.4, 0.5) is 16.2 Å². The number of anilines is 2. The number of carbonyl (C=O) groups is 3. The number of carbonyl (C=O) groups excluding carboxylic acids is 3. The van der Waals surface area contributed by atoms with E-state index in [0.717, 1.165) is 12.2 Å². The van der Waals surface area contributed by atoms with E-state index in [9.17, 15) is 50.5 Å². The summed E-state index contributed by atoms with van der Waals surface area (Å²) in [6.45, 7) is 0. The molecule has 0 aromatic heterocycles. The van der Waals surface area contributed by atoms with Gasteiger partial charge in [-0.1, -0.05) is 35.5 Å². The minimum atomic E-state index is -4.56. The lowest BCUT2D eigenvalue weighted by Gasteiger charge is -2.29. The molecule has 4 atom stereocenters. The van der Waals surface area contributed by atoms with E-state index < -0.39 is 71.9 Å². The molecule has 4 unspecified atom stereocenters. The smallest absolute Gasteiger partial charge is 0.323 e. The van der Waals surface area contributed by atoms with E-state index in [4.69, 9.17) is 0 Å². The second kappa shape index (κ2) is 14.3. The highest BCUT2D eigenvalue weighted by atomic mass is 32.2. The third-order valence-electron chi connectivity index (χ3n) is 8.67. The third-order valence-corrected chi connectivity index (χ3v) is 10.6. The number of amides is 4. The van der Waals surface area contributed by atoms with Crippen LogP contribution in [0.15, 0.2) is 128 Å². The van der Waals surface area contributed by atoms with Gasteiger partial charge in [-0.25, -0.2) is 14.8 Å². The Morgan fingerprint density at radius 1 is 0.596 bits per heavy atom. The summed E-state index contributed by atoms with van der Waals surface area (Å²) in [5.74, 6) is -2.47. The zero-order valence-electron chi connectivity index (χ0n) is 26.8. The molecule has 2 aromatic carbocycles. The molecule has 52 heavy (non-hydrogen) atoms. The van der Waals surface area contributed by atoms with Crippen molar-refractivity contribution in [1.29, 1.82) is 0 Å². The Hall–Kier alpha value is -5.43. The first-order chi connectivity index (χ1) is 24.6. The van der Waals surface area contributed by atoms with Crippen LogP contribution in [0.25, 0.3) is 0 Å². The number of allylic oxidation sites excluding steroid dienone is 6. The number of urea groups is 1. The van der Waals surface area contributed by atoms with Gasteiger partial charge in [0.15, 0.2) is 0 Å². The highest BCUT2D eigenvalue weighted by molar-refractivity contribution is 7.90. The SMILES string of the molecule is O=C(Nc1ccc(C(=O)N=C2C=CC3C(=CC=C(S(=O)(=O)O)C3O)C2)cc1)Nc1ccc(C(=O)N=C2C=CC3C(=CC=C(S(=O)(=O)O)C3O)C2)cc1. The summed E-state index contributed by atoms with van der Waals surface area (Å²) < 4.78 is 64.6. The Bertz CT molecular complexity index is 2170. The lowest BCUT2D eigenvalue weighted by atomic mass is 9.82. The minimum absolute atomic E-state index is 0.188. The van der Waals surface area contributed by atoms with Gasteiger partial charge in [0.2, 0.25) is 0 Å². The van der Waals surface area contributed by atoms with Gasteiger partial charge in [0.25, 0.3) is 32.1 Å². The van der Waals surface area contributed by atoms with Crippen LogP contribution in [0.5, 0.6) is 0 Å². The van der Waals surface area contributed by atoms with E-state index in [1.54, 1.807) is 0 Å². The van der Waals surface area contributed by atoms with Crippen LogP contribution >= 0.6 is 0 Å². The second-order valence-electron chi connectivity index (χ2n) is 12.1. The number of aliphatic hydroxyl groups excluding tert-OH is 2. The summed E-state index contributed by atoms with van der Waals surface area (Å²) in [6.07, 6.45) is 8.74. The lowest BCUT2D eigenvalue weighted by molar-refractivity contribution is 0.0994. The summed E-state index contributed by atoms with van der Waals surface area (Å²) in [7, 11) is -9.12. The van der Waals surface area contributed by atoms with Crippen molar-refractivity contribution in [3.05, 3.63) is 129 Å². The Morgan fingerprint density at radius 3 is 1.31 bits per heavy atom. The number of benzene rings is 2. The largest absolute Gasteiger partial charge is 0.387 e. The van der Waals surface area contributed by atoms with Crippen LogP contribution in [-0.2, 0) is 20.2 Å². The molecule has 0 aliphatic heterocycles. The molecule has 4 aliphatic carbocycles. The highest BCUT2D eigenvalue weighted by Gasteiger charge is 2.36. The van der Waals surface area contributed by atoms with Crippen molar-refractivity contribution in [2.24, 2.45) is 21.8 Å². The van der Waals surface area contributed by atoms with Crippen molar-refractivity contribution in [3.63, 3.8) is 0 Å². The Labute approximate surface area is 297 Å². The molecule has 4 aliphatic rings. The zero-order valence-corrected chi connectivity index (χ0v) is 28.5. The fourth-order valence-corrected chi connectivity index (χ4v) is 7.42. The normalized spacial score (nSPS) is 24.2. The van der Waals surface area contributed by atoms with Gasteiger partial charge < -0.3 is 20.8 Å². The Balaban J connectivity index is 1.02. The van der Waals surface area contributed by atoms with Gasteiger partial charge in [-0.15, -0.1) is 0 Å². The summed E-state index contributed by atoms with van der Waals surface area (Å²) in [6, 6.07) is 11.4. The van der Waals surface area contributed by atoms with Crippen LogP contribution in [-0.4, -0.2) is 77.6 Å². The first-order valence-corrected chi connectivity index (χ1v) is 18.5. The van der Waals surface area contributed by atoms with Gasteiger partial charge in [0.1, 0.15) is 22.0 Å². The maximum atomic E-state index is 12.8. The molecule has 2 aromatic rings. The quantitative estimate of drug-likeness (QED) is 0.232. The van der Waals surface area contributed by atoms with Crippen molar-refractivity contribution in [2.45, 2.75) is 25.0 Å². The zero-order chi connectivity index (χ0) is 37.4. The second-order valence-corrected chi connectivity index (χ2v) is 15.0. The van der Waals surface area contributed by atoms with E-state index in [0.29, 0.717) is 33.9 Å². The molecule has 6 rings (SSSR count). The van der Waals surface area contributed by atoms with Crippen LogP contribution in [0.3, 0.4) is 0 Å². The average Bonchev–Trinajstić information content (AvgIpc) is 3.08. The monoisotopic (exact) mass is 746 g/mol. The number of rotatable bonds is 6. The summed E-state index contributed by atoms with van der Waals surface area (Å²) in [4.78, 5) is 45.5. The van der Waals surface area contributed by atoms with Crippen molar-refractivity contribution in [2.75, 3.05) is 10.6 Å². The molecule has 0 bridgehead atoms. The predicted molar refractivity (Wildman–Crippen MR) is 191 cm³/mol. The number of fused-ring (bicyclic) bond motifs is 2. The van der Waals surface area contributed by atoms with Gasteiger partial charge >= 0.3 is 6.03 Å². The van der Waals surface area contributed by atoms with Crippen LogP contribution in [0, 0.1) is 11.8 Å². The molecule has 268 valence electrons. The first kappa shape index (κ1) is 36.4. The number of hydrogen-bond acceptors (Lipinski definition) is 9. The number of aliphatic hydroxyl groups is 2. The first-order valence-electron chi connectivity index (χ1n) is 15.6. The molecule has 0 fully saturated rings. The summed E-state index contributed by atoms with van der Waals surface area (Å²) in [5.41, 5.74) is 3.27. The maximum Gasteiger partial charge on any atom is 0.323 e. The van der Waals surface area contributed by atoms with E-state index in [1.165, 1.54) is 85.0 Å². The van der Waals surface area contributed by atoms with Crippen molar-refractivity contribution >= 4 is 60.9 Å². The number of nitrogens with one attached hydrogen (secondary N) is 2. The van der Waals surface area contributed by atoms with Gasteiger partial charge in [0, 0.05) is 58.6 Å². The molecule has 0 radical (unpaired) electrons. The summed E-state index contributed by atoms with van der Waals surface area (Å²) >= 11 is 0. The van der Waals surface area contributed by atoms with E-state index in [2.05, 4.69) is 20.6 Å². The van der Waals surface area contributed by atoms with Gasteiger partial charge in [0.05, 0.1) is 0 Å². The topological polar surface area (TPSA) is 249 Å². The van der Waals surface area contributed by atoms with Crippen LogP contribution < -0.4 is 10.6 Å². The van der Waals surface area contributed by atoms with Crippen molar-refractivity contribution < 1.29 is 50.5 Å². The molecular weight excluding hydrogens is 717 g/mol. The van der Waals surface area contributed by atoms with E-state index in [1.807, 2.05) is 0 Å². The average molecular weight is 747 g/mol. The van der Waals surface area contributed by atoms with Crippen molar-refractivity contribution in [1.82, 2.24) is 0 Å². The van der Waals surface area contributed by atoms with Crippen LogP contribution in [0.1, 0.15) is 33.6 Å². The number of nitrogens with zero attached hydrogens (tertiary/aromatic N) is 2. The Morgan fingerprint density at radius 2 is 0.962 bits per heavy atom. The van der Waals surface area contributed by atoms with E-state index in [-0.39, 0.29) is 24.0 Å². The fourth-order valence-electron chi connectivity index (χ4n) is 6.04. The number of aliphatic imine (C=N–C) groups is 2. The molecule has 0 saturated heterocycles. The number of hydrogen-bond donors (Lipinski definition) is 6. The van der Waals surface area contributed by atoms with Crippen molar-refractivity contribution in [3.8, 4) is 0 Å². The van der Waals surface area contributed by atoms with Gasteiger partial charge in [-0.05, 0) is 72.8 Å². The van der Waals surface area contributed by atoms with Gasteiger partial charge in [-0.3, -0.25) is 18.7 Å². The summed E-state index contributed by atoms with van der Waals surface area (Å²) in [5, 5.41) is 26.0. The van der Waals surface area contributed by atoms with E-state index >= 15 is 0 Å². The molecule has 0 saturated carbocycles. The molecule has 6 N–H and O–H groups in total. The van der Waals surface area contributed by atoms with Crippen LogP contribution in [0.2, 0.25) is 0 Å². The molecule has 0 heterocycles. The predicted octanol–water partition coefficient (Wildman–Crippen LogP) is 3.79. The standard InChI is InChI=1S/C35H30N4O11S2/c40-31-27-13-11-25(17-21(27)5-15-29(31)51(45,46)47)36-33(42)19-1-7-23(8-2-19)38-35(44)39-24-9-3-20(4-10-24)34(43)37-26-12-14-28-22(18-26)6-16-30(32(28)41)52(48,49)50/h1-16,27-28,31-32,40-41H,17-18H2,(H2,38,39,44)(H,45,46,47)(H,48,49,50). The molecule has 15 nitrogen and oxygen atoms in total. The highest BCUT2D eigenvalue weighted by Crippen LogP contribution is 2.35. The van der Waals surface area contributed by atoms with Gasteiger partial charge in [-0.2, -0.15) is 16.8 Å². The molecule has 4 amide bonds. The lowest BCUT2D eigenvalue weighted by Crippen LogP contribution is -2.31. The minimum Gasteiger partial charge on any atom is -0.387 e. The molecule has 17 heteroatoms. The third kappa shape index (κ3) is 8.04. The fraction of sp³-hybridized carbons (Fsp3) is 0.171. The maximum absolute atomic E-state index is 12.8. The molecular formula is C35H30N4O11S2. The molecule has 0 spiro atoms.